The minimum atomic E-state index is -0.958. The van der Waals surface area contributed by atoms with Crippen molar-refractivity contribution in [3.05, 3.63) is 35.9 Å². The third-order valence-electron chi connectivity index (χ3n) is 4.17. The van der Waals surface area contributed by atoms with Crippen LogP contribution < -0.4 is 0 Å². The first-order chi connectivity index (χ1) is 10.5. The van der Waals surface area contributed by atoms with E-state index >= 15 is 0 Å². The van der Waals surface area contributed by atoms with Gasteiger partial charge in [-0.05, 0) is 19.4 Å². The second kappa shape index (κ2) is 5.87. The Kier molecular flexibility index (Phi) is 4.08. The summed E-state index contributed by atoms with van der Waals surface area (Å²) in [5, 5.41) is 10.1. The summed E-state index contributed by atoms with van der Waals surface area (Å²) < 4.78 is 16.9. The van der Waals surface area contributed by atoms with Crippen molar-refractivity contribution in [2.75, 3.05) is 6.54 Å². The molecule has 1 spiro atoms. The van der Waals surface area contributed by atoms with E-state index in [1.54, 1.807) is 0 Å². The SMILES string of the molecule is C[C@@H]1OC2(C[C@@H](O)N(C(=O)OCc3ccccc3)C2)O[C@H]1C. The topological polar surface area (TPSA) is 68.2 Å². The molecule has 2 fully saturated rings. The molecule has 6 heteroatoms. The number of nitrogens with zero attached hydrogens (tertiary/aromatic N) is 1. The van der Waals surface area contributed by atoms with Crippen LogP contribution in [0.2, 0.25) is 0 Å². The highest BCUT2D eigenvalue weighted by Crippen LogP contribution is 2.38. The second-order valence-corrected chi connectivity index (χ2v) is 5.91. The van der Waals surface area contributed by atoms with Crippen LogP contribution in [0.15, 0.2) is 30.3 Å². The summed E-state index contributed by atoms with van der Waals surface area (Å²) in [6.45, 7) is 4.19. The van der Waals surface area contributed by atoms with Gasteiger partial charge in [0.2, 0.25) is 0 Å². The molecule has 2 saturated heterocycles. The van der Waals surface area contributed by atoms with E-state index in [1.807, 2.05) is 44.2 Å². The van der Waals surface area contributed by atoms with E-state index < -0.39 is 18.1 Å². The molecule has 2 aliphatic rings. The van der Waals surface area contributed by atoms with Crippen LogP contribution in [0.25, 0.3) is 0 Å². The number of likely N-dealkylation sites (tertiary alicyclic amines) is 1. The van der Waals surface area contributed by atoms with E-state index in [-0.39, 0.29) is 31.8 Å². The number of carbonyl (C=O) groups is 1. The number of amides is 1. The average Bonchev–Trinajstić information content (AvgIpc) is 2.96. The lowest BCUT2D eigenvalue weighted by molar-refractivity contribution is -0.163. The van der Waals surface area contributed by atoms with Gasteiger partial charge in [-0.1, -0.05) is 30.3 Å². The first-order valence-electron chi connectivity index (χ1n) is 7.50. The summed E-state index contributed by atoms with van der Waals surface area (Å²) in [7, 11) is 0. The Balaban J connectivity index is 1.59. The maximum Gasteiger partial charge on any atom is 0.412 e. The third-order valence-corrected chi connectivity index (χ3v) is 4.17. The molecule has 0 aromatic heterocycles. The predicted octanol–water partition coefficient (Wildman–Crippen LogP) is 1.87. The highest BCUT2D eigenvalue weighted by Gasteiger charge is 2.54. The van der Waals surface area contributed by atoms with Crippen molar-refractivity contribution in [1.29, 1.82) is 0 Å². The van der Waals surface area contributed by atoms with Crippen molar-refractivity contribution in [2.45, 2.75) is 51.1 Å². The number of hydrogen-bond donors (Lipinski definition) is 1. The molecule has 1 N–H and O–H groups in total. The first-order valence-corrected chi connectivity index (χ1v) is 7.50. The quantitative estimate of drug-likeness (QED) is 0.903. The first kappa shape index (κ1) is 15.3. The molecule has 3 rings (SSSR count). The monoisotopic (exact) mass is 307 g/mol. The van der Waals surface area contributed by atoms with Crippen LogP contribution in [-0.2, 0) is 20.8 Å². The molecule has 0 aliphatic carbocycles. The van der Waals surface area contributed by atoms with Gasteiger partial charge in [0.05, 0.1) is 18.8 Å². The van der Waals surface area contributed by atoms with Crippen LogP contribution in [0.1, 0.15) is 25.8 Å². The summed E-state index contributed by atoms with van der Waals surface area (Å²) in [4.78, 5) is 13.4. The van der Waals surface area contributed by atoms with Gasteiger partial charge in [-0.3, -0.25) is 4.90 Å². The van der Waals surface area contributed by atoms with Gasteiger partial charge in [0.25, 0.3) is 0 Å². The van der Waals surface area contributed by atoms with Gasteiger partial charge in [-0.25, -0.2) is 4.79 Å². The van der Waals surface area contributed by atoms with Crippen LogP contribution in [0, 0.1) is 0 Å². The zero-order chi connectivity index (χ0) is 15.7. The van der Waals surface area contributed by atoms with Crippen molar-refractivity contribution >= 4 is 6.09 Å². The van der Waals surface area contributed by atoms with Crippen molar-refractivity contribution in [3.63, 3.8) is 0 Å². The van der Waals surface area contributed by atoms with Crippen molar-refractivity contribution in [1.82, 2.24) is 4.90 Å². The molecule has 1 amide bonds. The van der Waals surface area contributed by atoms with Gasteiger partial charge in [0, 0.05) is 6.42 Å². The lowest BCUT2D eigenvalue weighted by Gasteiger charge is -2.22. The highest BCUT2D eigenvalue weighted by molar-refractivity contribution is 5.68. The number of ether oxygens (including phenoxy) is 3. The third kappa shape index (κ3) is 2.95. The fraction of sp³-hybridized carbons (Fsp3) is 0.562. The average molecular weight is 307 g/mol. The Bertz CT molecular complexity index is 525. The molecule has 0 bridgehead atoms. The van der Waals surface area contributed by atoms with E-state index in [4.69, 9.17) is 14.2 Å². The Morgan fingerprint density at radius 2 is 1.95 bits per heavy atom. The molecule has 22 heavy (non-hydrogen) atoms. The molecule has 2 heterocycles. The van der Waals surface area contributed by atoms with Crippen molar-refractivity contribution in [3.8, 4) is 0 Å². The minimum absolute atomic E-state index is 0.0625. The number of hydrogen-bond acceptors (Lipinski definition) is 5. The van der Waals surface area contributed by atoms with Crippen LogP contribution >= 0.6 is 0 Å². The largest absolute Gasteiger partial charge is 0.444 e. The molecule has 1 aromatic rings. The van der Waals surface area contributed by atoms with E-state index in [0.717, 1.165) is 5.56 Å². The lowest BCUT2D eigenvalue weighted by Crippen LogP contribution is -2.39. The molecular weight excluding hydrogens is 286 g/mol. The van der Waals surface area contributed by atoms with Crippen LogP contribution in [-0.4, -0.2) is 46.9 Å². The summed E-state index contributed by atoms with van der Waals surface area (Å²) in [5.74, 6) is -0.913. The highest BCUT2D eigenvalue weighted by atomic mass is 16.8. The van der Waals surface area contributed by atoms with E-state index in [0.29, 0.717) is 0 Å². The fourth-order valence-corrected chi connectivity index (χ4v) is 2.87. The minimum Gasteiger partial charge on any atom is -0.444 e. The Morgan fingerprint density at radius 1 is 1.32 bits per heavy atom. The predicted molar refractivity (Wildman–Crippen MR) is 77.8 cm³/mol. The Morgan fingerprint density at radius 3 is 2.59 bits per heavy atom. The molecule has 6 nitrogen and oxygen atoms in total. The maximum absolute atomic E-state index is 12.2. The van der Waals surface area contributed by atoms with E-state index in [2.05, 4.69) is 0 Å². The molecule has 0 saturated carbocycles. The van der Waals surface area contributed by atoms with Gasteiger partial charge >= 0.3 is 6.09 Å². The molecule has 0 unspecified atom stereocenters. The van der Waals surface area contributed by atoms with Crippen LogP contribution in [0.5, 0.6) is 0 Å². The van der Waals surface area contributed by atoms with E-state index in [9.17, 15) is 9.90 Å². The van der Waals surface area contributed by atoms with Crippen molar-refractivity contribution in [2.24, 2.45) is 0 Å². The smallest absolute Gasteiger partial charge is 0.412 e. The normalized spacial score (nSPS) is 30.0. The number of aliphatic hydroxyl groups excluding tert-OH is 1. The standard InChI is InChI=1S/C16H21NO5/c1-11-12(2)22-16(21-11)8-14(18)17(10-16)15(19)20-9-13-6-4-3-5-7-13/h3-7,11-12,14,18H,8-10H2,1-2H3/t11-,12-,14+/m0/s1. The molecular formula is C16H21NO5. The maximum atomic E-state index is 12.2. The van der Waals surface area contributed by atoms with Crippen LogP contribution in [0.3, 0.4) is 0 Å². The second-order valence-electron chi connectivity index (χ2n) is 5.91. The molecule has 1 aromatic carbocycles. The molecule has 2 aliphatic heterocycles. The zero-order valence-electron chi connectivity index (χ0n) is 12.8. The van der Waals surface area contributed by atoms with Crippen molar-refractivity contribution < 1.29 is 24.1 Å². The fourth-order valence-electron chi connectivity index (χ4n) is 2.87. The van der Waals surface area contributed by atoms with Gasteiger partial charge in [-0.2, -0.15) is 0 Å². The van der Waals surface area contributed by atoms with E-state index in [1.165, 1.54) is 4.90 Å². The Hall–Kier alpha value is -1.63. The summed E-state index contributed by atoms with van der Waals surface area (Å²) >= 11 is 0. The van der Waals surface area contributed by atoms with Crippen LogP contribution in [0.4, 0.5) is 4.79 Å². The lowest BCUT2D eigenvalue weighted by atomic mass is 10.2. The van der Waals surface area contributed by atoms with Gasteiger partial charge < -0.3 is 19.3 Å². The summed E-state index contributed by atoms with van der Waals surface area (Å²) in [5.41, 5.74) is 0.898. The summed E-state index contributed by atoms with van der Waals surface area (Å²) in [6, 6.07) is 9.41. The number of rotatable bonds is 2. The Labute approximate surface area is 129 Å². The zero-order valence-corrected chi connectivity index (χ0v) is 12.8. The van der Waals surface area contributed by atoms with Gasteiger partial charge in [0.15, 0.2) is 5.79 Å². The van der Waals surface area contributed by atoms with Gasteiger partial charge in [0.1, 0.15) is 12.8 Å². The number of aliphatic hydroxyl groups is 1. The number of benzene rings is 1. The van der Waals surface area contributed by atoms with Gasteiger partial charge in [-0.15, -0.1) is 0 Å². The summed E-state index contributed by atoms with van der Waals surface area (Å²) in [6.07, 6.45) is -1.41. The molecule has 0 radical (unpaired) electrons. The molecule has 3 atom stereocenters. The molecule has 120 valence electrons. The number of carbonyl (C=O) groups excluding carboxylic acids is 1.